The Labute approximate surface area is 143 Å². The third-order valence-corrected chi connectivity index (χ3v) is 3.86. The number of hydrogen-bond acceptors (Lipinski definition) is 6. The highest BCUT2D eigenvalue weighted by Crippen LogP contribution is 2.42. The standard InChI is InChI=1S/C14H11F3N4O5/c1-6-8(2-3-12(22)23)18-13-20(6)11-5-10(21(24)25)7(14(15,16)17)4-9(11)19-26-13/h4-5,19H,2-3H2,1H3,(H,22,23). The number of alkyl halides is 3. The second kappa shape index (κ2) is 5.89. The Kier molecular flexibility index (Phi) is 3.97. The van der Waals surface area contributed by atoms with E-state index in [4.69, 9.17) is 9.94 Å². The van der Waals surface area contributed by atoms with Crippen LogP contribution in [0, 0.1) is 17.0 Å². The number of carbonyl (C=O) groups is 1. The number of nitro groups is 1. The van der Waals surface area contributed by atoms with E-state index in [2.05, 4.69) is 10.5 Å². The summed E-state index contributed by atoms with van der Waals surface area (Å²) in [7, 11) is 0. The Bertz CT molecular complexity index is 922. The largest absolute Gasteiger partial charge is 0.481 e. The molecule has 0 spiro atoms. The fourth-order valence-corrected chi connectivity index (χ4v) is 2.66. The number of rotatable bonds is 4. The molecule has 0 saturated carbocycles. The summed E-state index contributed by atoms with van der Waals surface area (Å²) in [5.74, 6) is -1.04. The molecule has 0 fully saturated rings. The van der Waals surface area contributed by atoms with Gasteiger partial charge in [0.2, 0.25) is 0 Å². The number of nitrogens with zero attached hydrogens (tertiary/aromatic N) is 3. The Balaban J connectivity index is 2.16. The monoisotopic (exact) mass is 372 g/mol. The lowest BCUT2D eigenvalue weighted by Crippen LogP contribution is -2.20. The van der Waals surface area contributed by atoms with Gasteiger partial charge in [0, 0.05) is 18.2 Å². The van der Waals surface area contributed by atoms with Crippen LogP contribution < -0.4 is 10.3 Å². The molecule has 0 radical (unpaired) electrons. The smallest absolute Gasteiger partial charge is 0.423 e. The van der Waals surface area contributed by atoms with E-state index in [1.165, 1.54) is 4.57 Å². The summed E-state index contributed by atoms with van der Waals surface area (Å²) in [4.78, 5) is 29.9. The predicted octanol–water partition coefficient (Wildman–Crippen LogP) is 2.84. The lowest BCUT2D eigenvalue weighted by atomic mass is 10.1. The molecule has 0 bridgehead atoms. The van der Waals surface area contributed by atoms with E-state index >= 15 is 0 Å². The average Bonchev–Trinajstić information content (AvgIpc) is 2.87. The van der Waals surface area contributed by atoms with Crippen LogP contribution in [0.5, 0.6) is 6.01 Å². The summed E-state index contributed by atoms with van der Waals surface area (Å²) in [6.07, 6.45) is -5.05. The van der Waals surface area contributed by atoms with Gasteiger partial charge in [-0.1, -0.05) is 0 Å². The molecule has 0 amide bonds. The number of anilines is 1. The molecule has 2 aromatic rings. The average molecular weight is 372 g/mol. The van der Waals surface area contributed by atoms with Crippen molar-refractivity contribution in [3.05, 3.63) is 39.2 Å². The second-order valence-corrected chi connectivity index (χ2v) is 5.50. The van der Waals surface area contributed by atoms with Crippen molar-refractivity contribution in [1.29, 1.82) is 0 Å². The maximum Gasteiger partial charge on any atom is 0.423 e. The molecule has 2 heterocycles. The Hall–Kier alpha value is -3.31. The van der Waals surface area contributed by atoms with Crippen LogP contribution in [0.25, 0.3) is 5.69 Å². The maximum absolute atomic E-state index is 13.1. The summed E-state index contributed by atoms with van der Waals surface area (Å²) in [6.45, 7) is 1.57. The van der Waals surface area contributed by atoms with Crippen molar-refractivity contribution in [2.45, 2.75) is 25.9 Å². The Morgan fingerprint density at radius 2 is 2.15 bits per heavy atom. The molecule has 0 unspecified atom stereocenters. The number of fused-ring (bicyclic) bond motifs is 3. The van der Waals surface area contributed by atoms with Crippen LogP contribution in [-0.4, -0.2) is 25.6 Å². The molecule has 0 atom stereocenters. The number of imidazole rings is 1. The maximum atomic E-state index is 13.1. The predicted molar refractivity (Wildman–Crippen MR) is 80.2 cm³/mol. The van der Waals surface area contributed by atoms with Crippen LogP contribution in [0.3, 0.4) is 0 Å². The molecular weight excluding hydrogens is 361 g/mol. The topological polar surface area (TPSA) is 120 Å². The number of hydrogen-bond donors (Lipinski definition) is 2. The van der Waals surface area contributed by atoms with Crippen LogP contribution in [0.1, 0.15) is 23.4 Å². The normalized spacial score (nSPS) is 12.6. The molecule has 138 valence electrons. The van der Waals surface area contributed by atoms with Crippen molar-refractivity contribution in [1.82, 2.24) is 9.55 Å². The van der Waals surface area contributed by atoms with Crippen molar-refractivity contribution in [2.24, 2.45) is 0 Å². The van der Waals surface area contributed by atoms with Crippen molar-refractivity contribution < 1.29 is 32.8 Å². The molecule has 1 aromatic carbocycles. The zero-order valence-electron chi connectivity index (χ0n) is 13.1. The molecule has 1 aliphatic heterocycles. The van der Waals surface area contributed by atoms with E-state index in [0.717, 1.165) is 6.07 Å². The van der Waals surface area contributed by atoms with E-state index in [1.807, 2.05) is 0 Å². The van der Waals surface area contributed by atoms with Gasteiger partial charge in [0.1, 0.15) is 5.56 Å². The fraction of sp³-hybridized carbons (Fsp3) is 0.286. The second-order valence-electron chi connectivity index (χ2n) is 5.50. The minimum atomic E-state index is -4.92. The van der Waals surface area contributed by atoms with Gasteiger partial charge < -0.3 is 9.94 Å². The number of carboxylic acid groups (broad SMARTS) is 1. The molecule has 1 aromatic heterocycles. The zero-order chi connectivity index (χ0) is 19.2. The number of halogens is 3. The van der Waals surface area contributed by atoms with Crippen LogP contribution in [0.4, 0.5) is 24.5 Å². The van der Waals surface area contributed by atoms with E-state index in [0.29, 0.717) is 17.5 Å². The minimum Gasteiger partial charge on any atom is -0.481 e. The number of aliphatic carboxylic acids is 1. The van der Waals surface area contributed by atoms with Gasteiger partial charge in [0.15, 0.2) is 0 Å². The van der Waals surface area contributed by atoms with Crippen molar-refractivity contribution in [3.8, 4) is 11.7 Å². The minimum absolute atomic E-state index is 0.0514. The molecular formula is C14H11F3N4O5. The van der Waals surface area contributed by atoms with Gasteiger partial charge in [-0.05, 0) is 13.0 Å². The van der Waals surface area contributed by atoms with Gasteiger partial charge in [-0.3, -0.25) is 19.5 Å². The van der Waals surface area contributed by atoms with Gasteiger partial charge >= 0.3 is 18.2 Å². The summed E-state index contributed by atoms with van der Waals surface area (Å²) < 4.78 is 40.6. The first-order chi connectivity index (χ1) is 12.1. The summed E-state index contributed by atoms with van der Waals surface area (Å²) in [5.41, 5.74) is 0.467. The molecule has 12 heteroatoms. The van der Waals surface area contributed by atoms with E-state index < -0.39 is 28.3 Å². The number of nitro benzene ring substituents is 1. The highest BCUT2D eigenvalue weighted by molar-refractivity contribution is 5.70. The highest BCUT2D eigenvalue weighted by atomic mass is 19.4. The molecule has 1 aliphatic rings. The number of carboxylic acids is 1. The number of nitrogens with one attached hydrogen (secondary N) is 1. The number of aromatic nitrogens is 2. The van der Waals surface area contributed by atoms with Crippen molar-refractivity contribution >= 4 is 17.3 Å². The Morgan fingerprint density at radius 1 is 1.46 bits per heavy atom. The van der Waals surface area contributed by atoms with E-state index in [-0.39, 0.29) is 30.2 Å². The third kappa shape index (κ3) is 2.89. The molecule has 0 saturated heterocycles. The lowest BCUT2D eigenvalue weighted by molar-refractivity contribution is -0.388. The summed E-state index contributed by atoms with van der Waals surface area (Å²) >= 11 is 0. The molecule has 3 rings (SSSR count). The lowest BCUT2D eigenvalue weighted by Gasteiger charge is -2.22. The molecule has 0 aliphatic carbocycles. The summed E-state index contributed by atoms with van der Waals surface area (Å²) in [6, 6.07) is 1.32. The quantitative estimate of drug-likeness (QED) is 0.625. The van der Waals surface area contributed by atoms with Crippen molar-refractivity contribution in [3.63, 3.8) is 0 Å². The van der Waals surface area contributed by atoms with E-state index in [9.17, 15) is 28.1 Å². The SMILES string of the molecule is Cc1c(CCC(=O)O)nc2n1-c1cc([N+](=O)[O-])c(C(F)(F)F)cc1NO2. The fourth-order valence-electron chi connectivity index (χ4n) is 2.66. The van der Waals surface area contributed by atoms with Gasteiger partial charge in [-0.2, -0.15) is 18.2 Å². The first-order valence-electron chi connectivity index (χ1n) is 7.22. The molecule has 26 heavy (non-hydrogen) atoms. The third-order valence-electron chi connectivity index (χ3n) is 3.86. The van der Waals surface area contributed by atoms with Crippen LogP contribution in [0.15, 0.2) is 12.1 Å². The molecule has 9 nitrogen and oxygen atoms in total. The van der Waals surface area contributed by atoms with Gasteiger partial charge in [0.05, 0.1) is 28.4 Å². The van der Waals surface area contributed by atoms with Crippen LogP contribution in [-0.2, 0) is 17.4 Å². The number of benzene rings is 1. The number of aryl methyl sites for hydroxylation is 1. The van der Waals surface area contributed by atoms with Crippen molar-refractivity contribution in [2.75, 3.05) is 5.48 Å². The van der Waals surface area contributed by atoms with Gasteiger partial charge in [-0.15, -0.1) is 0 Å². The Morgan fingerprint density at radius 3 is 2.73 bits per heavy atom. The van der Waals surface area contributed by atoms with E-state index in [1.54, 1.807) is 6.92 Å². The van der Waals surface area contributed by atoms with Gasteiger partial charge in [-0.25, -0.2) is 5.48 Å². The van der Waals surface area contributed by atoms with Crippen LogP contribution in [0.2, 0.25) is 0 Å². The zero-order valence-corrected chi connectivity index (χ0v) is 13.1. The first kappa shape index (κ1) is 17.5. The van der Waals surface area contributed by atoms with Gasteiger partial charge in [0.25, 0.3) is 5.69 Å². The molecule has 2 N–H and O–H groups in total. The summed E-state index contributed by atoms with van der Waals surface area (Å²) in [5, 5.41) is 19.9. The first-order valence-corrected chi connectivity index (χ1v) is 7.22. The van der Waals surface area contributed by atoms with Crippen LogP contribution >= 0.6 is 0 Å². The highest BCUT2D eigenvalue weighted by Gasteiger charge is 2.40.